The molecule has 0 saturated carbocycles. The van der Waals surface area contributed by atoms with E-state index in [1.165, 1.54) is 5.56 Å². The Morgan fingerprint density at radius 1 is 1.44 bits per heavy atom. The van der Waals surface area contributed by atoms with Gasteiger partial charge in [-0.05, 0) is 25.5 Å². The van der Waals surface area contributed by atoms with Crippen molar-refractivity contribution >= 4 is 21.7 Å². The Morgan fingerprint density at radius 2 is 2.17 bits per heavy atom. The predicted octanol–water partition coefficient (Wildman–Crippen LogP) is 3.70. The zero-order valence-corrected chi connectivity index (χ0v) is 12.2. The Balaban J connectivity index is 2.57. The number of imidazole rings is 1. The summed E-state index contributed by atoms with van der Waals surface area (Å²) in [5.74, 6) is 1.58. The van der Waals surface area contributed by atoms with Gasteiger partial charge in [-0.1, -0.05) is 34.1 Å². The lowest BCUT2D eigenvalue weighted by Crippen LogP contribution is -2.03. The summed E-state index contributed by atoms with van der Waals surface area (Å²) in [7, 11) is 0. The van der Waals surface area contributed by atoms with Gasteiger partial charge < -0.3 is 10.3 Å². The van der Waals surface area contributed by atoms with Crippen molar-refractivity contribution in [3.8, 4) is 11.3 Å². The van der Waals surface area contributed by atoms with Crippen molar-refractivity contribution in [3.05, 3.63) is 46.7 Å². The Morgan fingerprint density at radius 3 is 2.78 bits per heavy atom. The molecule has 2 rings (SSSR count). The number of nitrogen functional groups attached to an aromatic ring is 1. The van der Waals surface area contributed by atoms with Gasteiger partial charge in [0, 0.05) is 16.6 Å². The Bertz CT molecular complexity index is 599. The lowest BCUT2D eigenvalue weighted by Gasteiger charge is -2.06. The van der Waals surface area contributed by atoms with E-state index < -0.39 is 0 Å². The fourth-order valence-corrected chi connectivity index (χ4v) is 2.63. The Kier molecular flexibility index (Phi) is 3.57. The molecule has 18 heavy (non-hydrogen) atoms. The van der Waals surface area contributed by atoms with Crippen molar-refractivity contribution < 1.29 is 0 Å². The second kappa shape index (κ2) is 4.98. The van der Waals surface area contributed by atoms with E-state index in [9.17, 15) is 0 Å². The number of nitrogens with two attached hydrogens (primary N) is 1. The molecule has 1 aromatic heterocycles. The summed E-state index contributed by atoms with van der Waals surface area (Å²) < 4.78 is 2.96. The van der Waals surface area contributed by atoms with E-state index in [0.717, 1.165) is 21.6 Å². The van der Waals surface area contributed by atoms with Gasteiger partial charge in [0.25, 0.3) is 0 Å². The molecule has 94 valence electrons. The number of aromatic nitrogens is 2. The third-order valence-corrected chi connectivity index (χ3v) is 3.55. The summed E-state index contributed by atoms with van der Waals surface area (Å²) in [5, 5.41) is 0. The third kappa shape index (κ3) is 2.20. The molecule has 0 radical (unpaired) electrons. The second-order valence-corrected chi connectivity index (χ2v) is 5.13. The van der Waals surface area contributed by atoms with Crippen LogP contribution < -0.4 is 5.73 Å². The van der Waals surface area contributed by atoms with Crippen LogP contribution in [0.25, 0.3) is 11.3 Å². The summed E-state index contributed by atoms with van der Waals surface area (Å²) in [6.45, 7) is 8.42. The lowest BCUT2D eigenvalue weighted by atomic mass is 10.1. The van der Waals surface area contributed by atoms with Gasteiger partial charge in [-0.15, -0.1) is 6.58 Å². The summed E-state index contributed by atoms with van der Waals surface area (Å²) in [5.41, 5.74) is 9.20. The topological polar surface area (TPSA) is 43.8 Å². The standard InChI is InChI=1S/C14H16BrN3/c1-4-7-18-10(3)17-13(14(18)16)11-6-5-9(2)8-12(11)15/h4-6,8H,1,7,16H2,2-3H3. The number of anilines is 1. The van der Waals surface area contributed by atoms with Crippen LogP contribution in [0.3, 0.4) is 0 Å². The number of allylic oxidation sites excluding steroid dienone is 1. The molecule has 0 spiro atoms. The van der Waals surface area contributed by atoms with E-state index in [4.69, 9.17) is 5.73 Å². The summed E-state index contributed by atoms with van der Waals surface area (Å²) in [4.78, 5) is 4.55. The maximum Gasteiger partial charge on any atom is 0.132 e. The first-order valence-electron chi connectivity index (χ1n) is 5.74. The van der Waals surface area contributed by atoms with Gasteiger partial charge in [-0.3, -0.25) is 0 Å². The van der Waals surface area contributed by atoms with Crippen molar-refractivity contribution in [2.75, 3.05) is 5.73 Å². The molecule has 4 heteroatoms. The molecule has 0 fully saturated rings. The third-order valence-electron chi connectivity index (χ3n) is 2.89. The van der Waals surface area contributed by atoms with Gasteiger partial charge in [0.05, 0.1) is 0 Å². The van der Waals surface area contributed by atoms with E-state index in [2.05, 4.69) is 46.5 Å². The summed E-state index contributed by atoms with van der Waals surface area (Å²) >= 11 is 3.57. The van der Waals surface area contributed by atoms with Crippen LogP contribution >= 0.6 is 15.9 Å². The van der Waals surface area contributed by atoms with Crippen LogP contribution in [0.2, 0.25) is 0 Å². The molecule has 2 N–H and O–H groups in total. The maximum absolute atomic E-state index is 6.16. The average Bonchev–Trinajstić information content (AvgIpc) is 2.58. The van der Waals surface area contributed by atoms with E-state index in [-0.39, 0.29) is 0 Å². The van der Waals surface area contributed by atoms with Crippen molar-refractivity contribution in [2.45, 2.75) is 20.4 Å². The van der Waals surface area contributed by atoms with Crippen molar-refractivity contribution in [3.63, 3.8) is 0 Å². The number of hydrogen-bond acceptors (Lipinski definition) is 2. The first kappa shape index (κ1) is 12.9. The normalized spacial score (nSPS) is 10.6. The SMILES string of the molecule is C=CCn1c(C)nc(-c2ccc(C)cc2Br)c1N. The van der Waals surface area contributed by atoms with Crippen LogP contribution in [0.4, 0.5) is 5.82 Å². The number of rotatable bonds is 3. The maximum atomic E-state index is 6.16. The minimum atomic E-state index is 0.675. The van der Waals surface area contributed by atoms with Gasteiger partial charge in [-0.2, -0.15) is 0 Å². The van der Waals surface area contributed by atoms with Gasteiger partial charge in [0.2, 0.25) is 0 Å². The monoisotopic (exact) mass is 305 g/mol. The smallest absolute Gasteiger partial charge is 0.132 e. The zero-order valence-electron chi connectivity index (χ0n) is 10.6. The average molecular weight is 306 g/mol. The van der Waals surface area contributed by atoms with E-state index >= 15 is 0 Å². The molecule has 0 aliphatic heterocycles. The zero-order chi connectivity index (χ0) is 13.3. The summed E-state index contributed by atoms with van der Waals surface area (Å²) in [6.07, 6.45) is 1.82. The fourth-order valence-electron chi connectivity index (χ4n) is 1.95. The first-order valence-corrected chi connectivity index (χ1v) is 6.54. The van der Waals surface area contributed by atoms with Crippen LogP contribution in [0.15, 0.2) is 35.3 Å². The number of halogens is 1. The molecule has 0 unspecified atom stereocenters. The van der Waals surface area contributed by atoms with Crippen molar-refractivity contribution in [1.29, 1.82) is 0 Å². The van der Waals surface area contributed by atoms with E-state index in [1.54, 1.807) is 0 Å². The highest BCUT2D eigenvalue weighted by Crippen LogP contribution is 2.32. The van der Waals surface area contributed by atoms with Gasteiger partial charge in [0.1, 0.15) is 17.3 Å². The van der Waals surface area contributed by atoms with Crippen molar-refractivity contribution in [2.24, 2.45) is 0 Å². The van der Waals surface area contributed by atoms with Crippen LogP contribution in [-0.2, 0) is 6.54 Å². The van der Waals surface area contributed by atoms with E-state index in [1.807, 2.05) is 23.6 Å². The molecule has 2 aromatic rings. The highest BCUT2D eigenvalue weighted by molar-refractivity contribution is 9.10. The predicted molar refractivity (Wildman–Crippen MR) is 79.4 cm³/mol. The second-order valence-electron chi connectivity index (χ2n) is 4.28. The molecule has 3 nitrogen and oxygen atoms in total. The van der Waals surface area contributed by atoms with Crippen molar-refractivity contribution in [1.82, 2.24) is 9.55 Å². The molecular weight excluding hydrogens is 290 g/mol. The summed E-state index contributed by atoms with van der Waals surface area (Å²) in [6, 6.07) is 6.16. The molecule has 0 saturated heterocycles. The van der Waals surface area contributed by atoms with Crippen LogP contribution in [0.5, 0.6) is 0 Å². The fraction of sp³-hybridized carbons (Fsp3) is 0.214. The minimum Gasteiger partial charge on any atom is -0.383 e. The molecule has 0 aliphatic rings. The first-order chi connectivity index (χ1) is 8.54. The van der Waals surface area contributed by atoms with Crippen LogP contribution in [-0.4, -0.2) is 9.55 Å². The molecule has 0 amide bonds. The molecule has 0 aliphatic carbocycles. The minimum absolute atomic E-state index is 0.675. The molecule has 0 atom stereocenters. The lowest BCUT2D eigenvalue weighted by molar-refractivity contribution is 0.792. The molecular formula is C14H16BrN3. The highest BCUT2D eigenvalue weighted by atomic mass is 79.9. The van der Waals surface area contributed by atoms with Gasteiger partial charge >= 0.3 is 0 Å². The highest BCUT2D eigenvalue weighted by Gasteiger charge is 2.14. The Labute approximate surface area is 115 Å². The molecule has 1 aromatic carbocycles. The van der Waals surface area contributed by atoms with Crippen LogP contribution in [0, 0.1) is 13.8 Å². The van der Waals surface area contributed by atoms with E-state index in [0.29, 0.717) is 12.4 Å². The van der Waals surface area contributed by atoms with Crippen LogP contribution in [0.1, 0.15) is 11.4 Å². The van der Waals surface area contributed by atoms with Gasteiger partial charge in [-0.25, -0.2) is 4.98 Å². The quantitative estimate of drug-likeness (QED) is 0.879. The van der Waals surface area contributed by atoms with Gasteiger partial charge in [0.15, 0.2) is 0 Å². The number of aryl methyl sites for hydroxylation is 2. The molecule has 1 heterocycles. The molecule has 0 bridgehead atoms. The number of hydrogen-bond donors (Lipinski definition) is 1. The number of benzene rings is 1. The Hall–Kier alpha value is -1.55. The largest absolute Gasteiger partial charge is 0.383 e. The number of nitrogens with zero attached hydrogens (tertiary/aromatic N) is 2.